The normalized spacial score (nSPS) is 11.2. The third-order valence-electron chi connectivity index (χ3n) is 4.42. The number of halogens is 2. The molecule has 0 radical (unpaired) electrons. The van der Waals surface area contributed by atoms with Crippen molar-refractivity contribution in [2.45, 2.75) is 0 Å². The van der Waals surface area contributed by atoms with Crippen molar-refractivity contribution in [2.24, 2.45) is 0 Å². The van der Waals surface area contributed by atoms with Gasteiger partial charge in [0, 0.05) is 21.7 Å². The molecule has 1 N–H and O–H groups in total. The van der Waals surface area contributed by atoms with Crippen LogP contribution in [0.1, 0.15) is 20.8 Å². The van der Waals surface area contributed by atoms with Crippen LogP contribution >= 0.6 is 11.3 Å². The number of carbonyl (C=O) groups excluding carboxylic acids is 1. The number of hydrogen-bond donors (Lipinski definition) is 1. The fourth-order valence-electron chi connectivity index (χ4n) is 2.99. The van der Waals surface area contributed by atoms with Crippen molar-refractivity contribution in [3.05, 3.63) is 100 Å². The van der Waals surface area contributed by atoms with Crippen LogP contribution in [0.15, 0.2) is 72.8 Å². The zero-order chi connectivity index (χ0) is 22.0. The lowest BCUT2D eigenvalue weighted by Crippen LogP contribution is -2.01. The Balaban J connectivity index is 1.75. The van der Waals surface area contributed by atoms with E-state index in [0.29, 0.717) is 21.4 Å². The number of benzene rings is 3. The van der Waals surface area contributed by atoms with Crippen LogP contribution in [-0.2, 0) is 4.79 Å². The zero-order valence-corrected chi connectivity index (χ0v) is 16.7. The molecule has 31 heavy (non-hydrogen) atoms. The van der Waals surface area contributed by atoms with Gasteiger partial charge in [-0.25, -0.2) is 13.6 Å². The summed E-state index contributed by atoms with van der Waals surface area (Å²) in [6, 6.07) is 16.0. The first kappa shape index (κ1) is 20.4. The van der Waals surface area contributed by atoms with Gasteiger partial charge in [-0.05, 0) is 54.1 Å². The monoisotopic (exact) mass is 436 g/mol. The summed E-state index contributed by atoms with van der Waals surface area (Å²) in [5.74, 6) is -1.81. The molecule has 0 fully saturated rings. The molecular formula is C24H14F2O4S. The number of fused-ring (bicyclic) bond motifs is 1. The summed E-state index contributed by atoms with van der Waals surface area (Å²) in [7, 11) is 0. The van der Waals surface area contributed by atoms with E-state index in [1.807, 2.05) is 0 Å². The Morgan fingerprint density at radius 1 is 0.935 bits per heavy atom. The Morgan fingerprint density at radius 3 is 2.39 bits per heavy atom. The number of carboxylic acids is 1. The minimum absolute atomic E-state index is 0.158. The van der Waals surface area contributed by atoms with Crippen molar-refractivity contribution in [2.75, 3.05) is 0 Å². The lowest BCUT2D eigenvalue weighted by atomic mass is 10.1. The molecular weight excluding hydrogens is 422 g/mol. The summed E-state index contributed by atoms with van der Waals surface area (Å²) in [4.78, 5) is 23.9. The molecule has 0 spiro atoms. The Morgan fingerprint density at radius 2 is 1.68 bits per heavy atom. The van der Waals surface area contributed by atoms with Gasteiger partial charge in [0.25, 0.3) is 0 Å². The molecule has 0 bridgehead atoms. The molecule has 1 aromatic heterocycles. The van der Waals surface area contributed by atoms with Gasteiger partial charge in [-0.3, -0.25) is 4.79 Å². The van der Waals surface area contributed by atoms with E-state index in [9.17, 15) is 18.4 Å². The molecule has 0 saturated carbocycles. The highest BCUT2D eigenvalue weighted by Gasteiger charge is 2.22. The SMILES string of the molecule is O=C(O)/C=C/c1ccc(Oc2c(C(=O)c3cccc(F)c3)sc3cc(F)ccc23)cc1. The number of carboxylic acid groups (broad SMARTS) is 1. The lowest BCUT2D eigenvalue weighted by molar-refractivity contribution is -0.131. The van der Waals surface area contributed by atoms with Gasteiger partial charge < -0.3 is 9.84 Å². The van der Waals surface area contributed by atoms with Crippen molar-refractivity contribution in [1.82, 2.24) is 0 Å². The van der Waals surface area contributed by atoms with Crippen LogP contribution in [0, 0.1) is 11.6 Å². The quantitative estimate of drug-likeness (QED) is 0.285. The van der Waals surface area contributed by atoms with Crippen molar-refractivity contribution in [3.63, 3.8) is 0 Å². The van der Waals surface area contributed by atoms with Gasteiger partial charge in [-0.15, -0.1) is 11.3 Å². The summed E-state index contributed by atoms with van der Waals surface area (Å²) in [5.41, 5.74) is 0.814. The Labute approximate surface area is 179 Å². The van der Waals surface area contributed by atoms with E-state index >= 15 is 0 Å². The van der Waals surface area contributed by atoms with Crippen LogP contribution < -0.4 is 4.74 Å². The fourth-order valence-corrected chi connectivity index (χ4v) is 4.11. The van der Waals surface area contributed by atoms with Gasteiger partial charge in [0.15, 0.2) is 5.75 Å². The zero-order valence-electron chi connectivity index (χ0n) is 15.8. The highest BCUT2D eigenvalue weighted by Crippen LogP contribution is 2.41. The molecule has 0 saturated heterocycles. The highest BCUT2D eigenvalue weighted by atomic mass is 32.1. The van der Waals surface area contributed by atoms with Gasteiger partial charge in [0.1, 0.15) is 22.3 Å². The second-order valence-corrected chi connectivity index (χ2v) is 7.64. The number of ether oxygens (including phenoxy) is 1. The number of ketones is 1. The minimum Gasteiger partial charge on any atom is -0.478 e. The van der Waals surface area contributed by atoms with Crippen LogP contribution in [0.3, 0.4) is 0 Å². The molecule has 1 heterocycles. The molecule has 0 atom stereocenters. The number of aliphatic carboxylic acids is 1. The molecule has 0 amide bonds. The summed E-state index contributed by atoms with van der Waals surface area (Å²) in [6.45, 7) is 0. The Kier molecular flexibility index (Phi) is 5.60. The van der Waals surface area contributed by atoms with Gasteiger partial charge in [0.2, 0.25) is 5.78 Å². The Hall–Kier alpha value is -3.84. The number of rotatable bonds is 6. The average molecular weight is 436 g/mol. The van der Waals surface area contributed by atoms with Gasteiger partial charge in [0.05, 0.1) is 0 Å². The number of hydrogen-bond acceptors (Lipinski definition) is 4. The molecule has 0 aliphatic heterocycles. The van der Waals surface area contributed by atoms with Crippen LogP contribution in [0.4, 0.5) is 8.78 Å². The van der Waals surface area contributed by atoms with E-state index < -0.39 is 23.4 Å². The molecule has 7 heteroatoms. The summed E-state index contributed by atoms with van der Waals surface area (Å²) >= 11 is 1.07. The van der Waals surface area contributed by atoms with Crippen LogP contribution in [0.25, 0.3) is 16.2 Å². The average Bonchev–Trinajstić information content (AvgIpc) is 3.10. The third-order valence-corrected chi connectivity index (χ3v) is 5.55. The number of thiophene rings is 1. The maximum Gasteiger partial charge on any atom is 0.328 e. The predicted octanol–water partition coefficient (Wildman–Crippen LogP) is 6.30. The summed E-state index contributed by atoms with van der Waals surface area (Å²) in [6.07, 6.45) is 2.46. The molecule has 154 valence electrons. The van der Waals surface area contributed by atoms with Crippen LogP contribution in [0.5, 0.6) is 11.5 Å². The maximum absolute atomic E-state index is 13.7. The van der Waals surface area contributed by atoms with Gasteiger partial charge in [-0.2, -0.15) is 0 Å². The topological polar surface area (TPSA) is 63.6 Å². The second-order valence-electron chi connectivity index (χ2n) is 6.58. The smallest absolute Gasteiger partial charge is 0.328 e. The molecule has 4 nitrogen and oxygen atoms in total. The standard InChI is InChI=1S/C24H14F2O4S/c25-16-3-1-2-15(12-16)22(29)24-23(19-10-7-17(26)13-20(19)31-24)30-18-8-4-14(5-9-18)6-11-21(27)28/h1-13H,(H,27,28)/b11-6+. The molecule has 0 aliphatic carbocycles. The maximum atomic E-state index is 13.7. The van der Waals surface area contributed by atoms with Crippen molar-refractivity contribution in [1.29, 1.82) is 0 Å². The van der Waals surface area contributed by atoms with E-state index in [1.165, 1.54) is 42.5 Å². The van der Waals surface area contributed by atoms with E-state index in [2.05, 4.69) is 0 Å². The highest BCUT2D eigenvalue weighted by molar-refractivity contribution is 7.21. The van der Waals surface area contributed by atoms with Crippen LogP contribution in [0.2, 0.25) is 0 Å². The van der Waals surface area contributed by atoms with Gasteiger partial charge in [-0.1, -0.05) is 24.3 Å². The van der Waals surface area contributed by atoms with Crippen molar-refractivity contribution < 1.29 is 28.2 Å². The van der Waals surface area contributed by atoms with E-state index in [4.69, 9.17) is 9.84 Å². The first-order chi connectivity index (χ1) is 14.9. The van der Waals surface area contributed by atoms with E-state index in [0.717, 1.165) is 23.5 Å². The molecule has 4 aromatic rings. The predicted molar refractivity (Wildman–Crippen MR) is 115 cm³/mol. The molecule has 0 aliphatic rings. The van der Waals surface area contributed by atoms with Crippen molar-refractivity contribution in [3.8, 4) is 11.5 Å². The molecule has 0 unspecified atom stereocenters. The van der Waals surface area contributed by atoms with Gasteiger partial charge >= 0.3 is 5.97 Å². The summed E-state index contributed by atoms with van der Waals surface area (Å²) < 4.78 is 33.9. The lowest BCUT2D eigenvalue weighted by Gasteiger charge is -2.08. The third kappa shape index (κ3) is 4.51. The van der Waals surface area contributed by atoms with E-state index in [1.54, 1.807) is 24.3 Å². The summed E-state index contributed by atoms with van der Waals surface area (Å²) in [5, 5.41) is 9.28. The fraction of sp³-hybridized carbons (Fsp3) is 0. The van der Waals surface area contributed by atoms with Crippen molar-refractivity contribution >= 4 is 39.3 Å². The first-order valence-corrected chi connectivity index (χ1v) is 9.93. The van der Waals surface area contributed by atoms with Crippen LogP contribution in [-0.4, -0.2) is 16.9 Å². The molecule has 4 rings (SSSR count). The number of carbonyl (C=O) groups is 2. The Bertz CT molecular complexity index is 1320. The first-order valence-electron chi connectivity index (χ1n) is 9.12. The minimum atomic E-state index is -1.06. The largest absolute Gasteiger partial charge is 0.478 e. The molecule has 3 aromatic carbocycles. The van der Waals surface area contributed by atoms with E-state index in [-0.39, 0.29) is 16.2 Å². The second kappa shape index (κ2) is 8.49.